The lowest BCUT2D eigenvalue weighted by molar-refractivity contribution is -0.697. The van der Waals surface area contributed by atoms with Gasteiger partial charge in [0.15, 0.2) is 24.8 Å². The fourth-order valence-electron chi connectivity index (χ4n) is 4.73. The van der Waals surface area contributed by atoms with Crippen molar-refractivity contribution in [1.82, 2.24) is 0 Å². The zero-order valence-electron chi connectivity index (χ0n) is 18.3. The van der Waals surface area contributed by atoms with Crippen LogP contribution in [0, 0.1) is 5.92 Å². The summed E-state index contributed by atoms with van der Waals surface area (Å²) in [6.45, 7) is 2.20. The van der Waals surface area contributed by atoms with Gasteiger partial charge in [-0.2, -0.15) is 0 Å². The van der Waals surface area contributed by atoms with Gasteiger partial charge in [-0.25, -0.2) is 9.13 Å². The van der Waals surface area contributed by atoms with Crippen LogP contribution in [-0.2, 0) is 19.5 Å². The van der Waals surface area contributed by atoms with Gasteiger partial charge in [0.05, 0.1) is 0 Å². The molecule has 2 nitrogen and oxygen atoms in total. The molecule has 0 aliphatic heterocycles. The van der Waals surface area contributed by atoms with E-state index in [0.717, 1.165) is 25.4 Å². The number of benzene rings is 1. The number of rotatable bonds is 10. The van der Waals surface area contributed by atoms with E-state index < -0.39 is 0 Å². The molecule has 0 N–H and O–H groups in total. The number of nitrogens with zero attached hydrogens (tertiary/aromatic N) is 2. The Bertz CT molecular complexity index is 863. The summed E-state index contributed by atoms with van der Waals surface area (Å²) in [5.74, 6) is 1.02. The zero-order chi connectivity index (χ0) is 20.4. The van der Waals surface area contributed by atoms with E-state index in [0.29, 0.717) is 0 Å². The van der Waals surface area contributed by atoms with Crippen LogP contribution < -0.4 is 9.13 Å². The molecule has 4 rings (SSSR count). The highest BCUT2D eigenvalue weighted by Gasteiger charge is 2.14. The molecule has 156 valence electrons. The normalized spacial score (nSPS) is 14.3. The van der Waals surface area contributed by atoms with E-state index >= 15 is 0 Å². The maximum atomic E-state index is 2.34. The first-order chi connectivity index (χ1) is 14.9. The van der Waals surface area contributed by atoms with Crippen molar-refractivity contribution in [2.24, 2.45) is 5.92 Å². The van der Waals surface area contributed by atoms with E-state index in [-0.39, 0.29) is 0 Å². The van der Waals surface area contributed by atoms with E-state index in [1.807, 2.05) is 0 Å². The van der Waals surface area contributed by atoms with Crippen LogP contribution in [0.5, 0.6) is 0 Å². The summed E-state index contributed by atoms with van der Waals surface area (Å²) in [5.41, 5.74) is 4.02. The minimum absolute atomic E-state index is 1.02. The monoisotopic (exact) mass is 400 g/mol. The Kier molecular flexibility index (Phi) is 7.66. The van der Waals surface area contributed by atoms with Crippen LogP contribution in [0.4, 0.5) is 0 Å². The fourth-order valence-corrected chi connectivity index (χ4v) is 4.73. The molecule has 0 unspecified atom stereocenters. The van der Waals surface area contributed by atoms with Crippen molar-refractivity contribution in [2.45, 2.75) is 70.9 Å². The van der Waals surface area contributed by atoms with E-state index in [9.17, 15) is 0 Å². The standard InChI is InChI=1S/C28H36N2/c1-2-9-26(10-3-1)14-8-20-30-23-17-28(18-24-30)27-15-21-29(22-16-27)19-7-6-13-25-11-4-5-12-25/h1-3,9-10,15-18,21-25H,4-8,11-14,19-20H2/q+2. The number of hydrogen-bond donors (Lipinski definition) is 0. The molecule has 1 fully saturated rings. The number of pyridine rings is 2. The minimum Gasteiger partial charge on any atom is -0.205 e. The average Bonchev–Trinajstić information content (AvgIpc) is 3.32. The van der Waals surface area contributed by atoms with Crippen LogP contribution in [0.1, 0.15) is 56.9 Å². The Morgan fingerprint density at radius 2 is 1.20 bits per heavy atom. The van der Waals surface area contributed by atoms with Gasteiger partial charge in [-0.3, -0.25) is 0 Å². The SMILES string of the molecule is c1ccc(CCC[n+]2ccc(-c3cc[n+](CCCCC4CCCC4)cc3)cc2)cc1. The molecule has 1 aliphatic rings. The third-order valence-electron chi connectivity index (χ3n) is 6.59. The van der Waals surface area contributed by atoms with Gasteiger partial charge in [-0.05, 0) is 35.4 Å². The molecule has 0 amide bonds. The Hall–Kier alpha value is -2.48. The highest BCUT2D eigenvalue weighted by atomic mass is 14.9. The number of aromatic nitrogens is 2. The molecule has 0 saturated heterocycles. The number of aryl methyl sites for hydroxylation is 3. The highest BCUT2D eigenvalue weighted by molar-refractivity contribution is 5.60. The Balaban J connectivity index is 1.21. The quantitative estimate of drug-likeness (QED) is 0.295. The molecule has 1 saturated carbocycles. The summed E-state index contributed by atoms with van der Waals surface area (Å²) in [4.78, 5) is 0. The maximum absolute atomic E-state index is 2.34. The van der Waals surface area contributed by atoms with E-state index in [1.165, 1.54) is 68.1 Å². The minimum atomic E-state index is 1.02. The summed E-state index contributed by atoms with van der Waals surface area (Å²) >= 11 is 0. The molecule has 1 aromatic carbocycles. The molecule has 0 bridgehead atoms. The lowest BCUT2D eigenvalue weighted by Crippen LogP contribution is -2.33. The summed E-state index contributed by atoms with van der Waals surface area (Å²) in [5, 5.41) is 0. The molecular weight excluding hydrogens is 364 g/mol. The van der Waals surface area contributed by atoms with Crippen molar-refractivity contribution < 1.29 is 9.13 Å². The van der Waals surface area contributed by atoms with Crippen LogP contribution in [0.3, 0.4) is 0 Å². The predicted octanol–water partition coefficient (Wildman–Crippen LogP) is 5.92. The summed E-state index contributed by atoms with van der Waals surface area (Å²) < 4.78 is 4.63. The Morgan fingerprint density at radius 3 is 1.80 bits per heavy atom. The van der Waals surface area contributed by atoms with Crippen LogP contribution in [-0.4, -0.2) is 0 Å². The van der Waals surface area contributed by atoms with Gasteiger partial charge < -0.3 is 0 Å². The summed E-state index contributed by atoms with van der Waals surface area (Å²) in [7, 11) is 0. The van der Waals surface area contributed by atoms with Crippen LogP contribution in [0.15, 0.2) is 79.4 Å². The molecule has 0 spiro atoms. The second-order valence-corrected chi connectivity index (χ2v) is 8.88. The molecule has 0 atom stereocenters. The molecular formula is C28H36N2+2. The van der Waals surface area contributed by atoms with Gasteiger partial charge >= 0.3 is 0 Å². The van der Waals surface area contributed by atoms with Crippen molar-refractivity contribution in [3.8, 4) is 11.1 Å². The first kappa shape index (κ1) is 20.8. The maximum Gasteiger partial charge on any atom is 0.169 e. The third kappa shape index (κ3) is 6.26. The predicted molar refractivity (Wildman–Crippen MR) is 123 cm³/mol. The average molecular weight is 401 g/mol. The van der Waals surface area contributed by atoms with Gasteiger partial charge in [0.1, 0.15) is 13.1 Å². The Labute approximate surface area is 182 Å². The zero-order valence-corrected chi connectivity index (χ0v) is 18.3. The van der Waals surface area contributed by atoms with Gasteiger partial charge in [0.25, 0.3) is 0 Å². The highest BCUT2D eigenvalue weighted by Crippen LogP contribution is 2.28. The topological polar surface area (TPSA) is 7.76 Å². The van der Waals surface area contributed by atoms with Gasteiger partial charge in [-0.1, -0.05) is 62.4 Å². The fraction of sp³-hybridized carbons (Fsp3) is 0.429. The Morgan fingerprint density at radius 1 is 0.633 bits per heavy atom. The lowest BCUT2D eigenvalue weighted by atomic mass is 10.0. The molecule has 0 radical (unpaired) electrons. The summed E-state index contributed by atoms with van der Waals surface area (Å²) in [6.07, 6.45) is 21.2. The molecule has 1 aliphatic carbocycles. The van der Waals surface area contributed by atoms with Crippen LogP contribution in [0.25, 0.3) is 11.1 Å². The third-order valence-corrected chi connectivity index (χ3v) is 6.59. The number of unbranched alkanes of at least 4 members (excludes halogenated alkanes) is 1. The van der Waals surface area contributed by atoms with Crippen molar-refractivity contribution >= 4 is 0 Å². The smallest absolute Gasteiger partial charge is 0.169 e. The van der Waals surface area contributed by atoms with E-state index in [2.05, 4.69) is 88.5 Å². The largest absolute Gasteiger partial charge is 0.205 e. The second kappa shape index (κ2) is 11.1. The van der Waals surface area contributed by atoms with Crippen molar-refractivity contribution in [2.75, 3.05) is 0 Å². The lowest BCUT2D eigenvalue weighted by Gasteiger charge is -2.07. The number of hydrogen-bond acceptors (Lipinski definition) is 0. The molecule has 3 aromatic rings. The van der Waals surface area contributed by atoms with Crippen LogP contribution in [0.2, 0.25) is 0 Å². The van der Waals surface area contributed by atoms with Gasteiger partial charge in [-0.15, -0.1) is 0 Å². The summed E-state index contributed by atoms with van der Waals surface area (Å²) in [6, 6.07) is 19.7. The van der Waals surface area contributed by atoms with Gasteiger partial charge in [0, 0.05) is 37.1 Å². The second-order valence-electron chi connectivity index (χ2n) is 8.88. The van der Waals surface area contributed by atoms with Crippen molar-refractivity contribution in [3.63, 3.8) is 0 Å². The van der Waals surface area contributed by atoms with Crippen LogP contribution >= 0.6 is 0 Å². The molecule has 2 heterocycles. The first-order valence-corrected chi connectivity index (χ1v) is 11.9. The molecule has 30 heavy (non-hydrogen) atoms. The molecule has 2 aromatic heterocycles. The van der Waals surface area contributed by atoms with E-state index in [1.54, 1.807) is 0 Å². The van der Waals surface area contributed by atoms with Gasteiger partial charge in [0.2, 0.25) is 0 Å². The van der Waals surface area contributed by atoms with Crippen molar-refractivity contribution in [1.29, 1.82) is 0 Å². The first-order valence-electron chi connectivity index (χ1n) is 11.9. The molecule has 2 heteroatoms. The van der Waals surface area contributed by atoms with E-state index in [4.69, 9.17) is 0 Å². The van der Waals surface area contributed by atoms with Crippen molar-refractivity contribution in [3.05, 3.63) is 84.9 Å².